The number of aliphatic hydroxyl groups is 7. The molecule has 2 aromatic carbocycles. The number of hydrogen-bond acceptors (Lipinski definition) is 10. The molecule has 234 valence electrons. The Morgan fingerprint density at radius 3 is 1.86 bits per heavy atom. The van der Waals surface area contributed by atoms with Crippen LogP contribution in [0.15, 0.2) is 36.4 Å². The van der Waals surface area contributed by atoms with E-state index in [1.165, 1.54) is 0 Å². The lowest BCUT2D eigenvalue weighted by atomic mass is 9.95. The summed E-state index contributed by atoms with van der Waals surface area (Å²) in [6.45, 7) is 0.473. The highest BCUT2D eigenvalue weighted by Crippen LogP contribution is 2.36. The number of aromatic nitrogens is 1. The minimum atomic E-state index is -1.50. The maximum atomic E-state index is 10.4. The maximum Gasteiger partial charge on any atom is 0.147 e. The van der Waals surface area contributed by atoms with E-state index in [4.69, 9.17) is 14.2 Å². The molecule has 11 heteroatoms. The van der Waals surface area contributed by atoms with Crippen molar-refractivity contribution in [3.05, 3.63) is 47.5 Å². The van der Waals surface area contributed by atoms with Crippen molar-refractivity contribution in [1.82, 2.24) is 4.57 Å². The molecule has 3 aromatic rings. The fourth-order valence-corrected chi connectivity index (χ4v) is 6.26. The van der Waals surface area contributed by atoms with Crippen molar-refractivity contribution in [2.24, 2.45) is 0 Å². The molecule has 8 unspecified atom stereocenters. The molecule has 0 saturated carbocycles. The summed E-state index contributed by atoms with van der Waals surface area (Å²) in [5.41, 5.74) is 3.28. The summed E-state index contributed by atoms with van der Waals surface area (Å²) in [4.78, 5) is 0. The van der Waals surface area contributed by atoms with E-state index in [2.05, 4.69) is 28.2 Å². The van der Waals surface area contributed by atoms with Crippen LogP contribution in [-0.2, 0) is 14.2 Å². The van der Waals surface area contributed by atoms with Gasteiger partial charge in [-0.15, -0.1) is 0 Å². The number of aliphatic hydroxyl groups excluding tert-OH is 7. The van der Waals surface area contributed by atoms with Crippen molar-refractivity contribution >= 4 is 21.8 Å². The van der Waals surface area contributed by atoms with Gasteiger partial charge in [0.1, 0.15) is 42.7 Å². The molecule has 3 fully saturated rings. The first-order valence-corrected chi connectivity index (χ1v) is 14.9. The fraction of sp³-hybridized carbons (Fsp3) is 0.515. The SMILES string of the molecule is OCC1CC(O)C(O)C(C#Cc2ccc3c4ccc(C#CC5OC(CO)[C@@H](O)C(O)C5O)cc4n(C4CCOCC4)c3c2)O1. The molecular weight excluding hydrogens is 570 g/mol. The predicted molar refractivity (Wildman–Crippen MR) is 158 cm³/mol. The van der Waals surface area contributed by atoms with Crippen LogP contribution in [0, 0.1) is 23.7 Å². The zero-order valence-corrected chi connectivity index (χ0v) is 24.0. The van der Waals surface area contributed by atoms with Gasteiger partial charge in [-0.05, 0) is 37.1 Å². The third-order valence-corrected chi connectivity index (χ3v) is 8.72. The zero-order valence-electron chi connectivity index (χ0n) is 24.0. The van der Waals surface area contributed by atoms with Crippen LogP contribution in [0.1, 0.15) is 36.4 Å². The molecule has 0 aliphatic carbocycles. The highest BCUT2D eigenvalue weighted by Gasteiger charge is 2.42. The summed E-state index contributed by atoms with van der Waals surface area (Å²) in [5, 5.41) is 72.1. The van der Waals surface area contributed by atoms with Crippen LogP contribution < -0.4 is 0 Å². The van der Waals surface area contributed by atoms with Crippen LogP contribution in [0.5, 0.6) is 0 Å². The summed E-state index contributed by atoms with van der Waals surface area (Å²) in [6.07, 6.45) is -8.46. The number of rotatable bonds is 3. The molecule has 0 amide bonds. The molecule has 1 aromatic heterocycles. The second kappa shape index (κ2) is 13.1. The summed E-state index contributed by atoms with van der Waals surface area (Å²) >= 11 is 0. The summed E-state index contributed by atoms with van der Waals surface area (Å²) < 4.78 is 19.1. The van der Waals surface area contributed by atoms with Crippen LogP contribution in [0.2, 0.25) is 0 Å². The third-order valence-electron chi connectivity index (χ3n) is 8.72. The van der Waals surface area contributed by atoms with E-state index >= 15 is 0 Å². The normalized spacial score (nSPS) is 33.0. The monoisotopic (exact) mass is 607 g/mol. The predicted octanol–water partition coefficient (Wildman–Crippen LogP) is -0.437. The number of benzene rings is 2. The van der Waals surface area contributed by atoms with Gasteiger partial charge in [0, 0.05) is 47.6 Å². The zero-order chi connectivity index (χ0) is 31.0. The second-order valence-corrected chi connectivity index (χ2v) is 11.6. The Balaban J connectivity index is 1.37. The third kappa shape index (κ3) is 5.97. The molecule has 3 saturated heterocycles. The Labute approximate surface area is 254 Å². The van der Waals surface area contributed by atoms with Crippen LogP contribution in [0.3, 0.4) is 0 Å². The van der Waals surface area contributed by atoms with Gasteiger partial charge in [0.15, 0.2) is 0 Å². The van der Waals surface area contributed by atoms with Gasteiger partial charge in [0.2, 0.25) is 0 Å². The Kier molecular flexibility index (Phi) is 9.24. The Bertz CT molecular complexity index is 1610. The molecule has 11 nitrogen and oxygen atoms in total. The lowest BCUT2D eigenvalue weighted by Crippen LogP contribution is -2.58. The minimum Gasteiger partial charge on any atom is -0.394 e. The van der Waals surface area contributed by atoms with Gasteiger partial charge in [-0.3, -0.25) is 0 Å². The highest BCUT2D eigenvalue weighted by atomic mass is 16.5. The molecule has 7 N–H and O–H groups in total. The fourth-order valence-electron chi connectivity index (χ4n) is 6.26. The van der Waals surface area contributed by atoms with E-state index < -0.39 is 61.5 Å². The highest BCUT2D eigenvalue weighted by molar-refractivity contribution is 6.08. The molecule has 0 radical (unpaired) electrons. The van der Waals surface area contributed by atoms with Crippen molar-refractivity contribution in [3.8, 4) is 23.7 Å². The number of ether oxygens (including phenoxy) is 3. The van der Waals surface area contributed by atoms with Gasteiger partial charge in [-0.2, -0.15) is 0 Å². The van der Waals surface area contributed by atoms with Gasteiger partial charge in [0.25, 0.3) is 0 Å². The largest absolute Gasteiger partial charge is 0.394 e. The van der Waals surface area contributed by atoms with Crippen LogP contribution >= 0.6 is 0 Å². The molecule has 3 aliphatic rings. The quantitative estimate of drug-likeness (QED) is 0.194. The van der Waals surface area contributed by atoms with E-state index in [0.29, 0.717) is 24.3 Å². The molecule has 4 heterocycles. The Morgan fingerprint density at radius 1 is 0.705 bits per heavy atom. The van der Waals surface area contributed by atoms with Crippen molar-refractivity contribution in [1.29, 1.82) is 0 Å². The van der Waals surface area contributed by atoms with E-state index in [-0.39, 0.29) is 19.1 Å². The first-order chi connectivity index (χ1) is 21.3. The summed E-state index contributed by atoms with van der Waals surface area (Å²) in [7, 11) is 0. The van der Waals surface area contributed by atoms with Crippen LogP contribution in [0.4, 0.5) is 0 Å². The number of fused-ring (bicyclic) bond motifs is 3. The summed E-state index contributed by atoms with van der Waals surface area (Å²) in [6, 6.07) is 11.9. The van der Waals surface area contributed by atoms with Crippen LogP contribution in [-0.4, -0.2) is 122 Å². The number of nitrogens with zero attached hydrogens (tertiary/aromatic N) is 1. The van der Waals surface area contributed by atoms with Crippen LogP contribution in [0.25, 0.3) is 21.8 Å². The van der Waals surface area contributed by atoms with E-state index in [0.717, 1.165) is 34.6 Å². The standard InChI is InChI=1S/C33H37NO10/c35-16-21-15-26(37)30(38)27(43-21)7-3-18-1-5-22-23-6-2-19(4-8-28-31(39)33(41)32(40)29(17-36)44-28)14-25(23)34(24(22)13-18)20-9-11-42-12-10-20/h1-2,5-6,13-14,20-21,26-33,35-41H,9-12,15-17H2/t21?,26?,27?,28?,29?,30?,31?,32-,33?/m1/s1. The van der Waals surface area contributed by atoms with E-state index in [1.807, 2.05) is 36.4 Å². The first-order valence-electron chi connectivity index (χ1n) is 14.9. The van der Waals surface area contributed by atoms with Gasteiger partial charge < -0.3 is 54.5 Å². The van der Waals surface area contributed by atoms with Gasteiger partial charge >= 0.3 is 0 Å². The Morgan fingerprint density at radius 2 is 1.30 bits per heavy atom. The van der Waals surface area contributed by atoms with Crippen molar-refractivity contribution in [3.63, 3.8) is 0 Å². The minimum absolute atomic E-state index is 0.141. The molecule has 0 spiro atoms. The van der Waals surface area contributed by atoms with Crippen molar-refractivity contribution in [2.45, 2.75) is 80.2 Å². The maximum absolute atomic E-state index is 10.4. The van der Waals surface area contributed by atoms with E-state index in [1.54, 1.807) is 0 Å². The molecule has 6 rings (SSSR count). The lowest BCUT2D eigenvalue weighted by Gasteiger charge is -2.37. The van der Waals surface area contributed by atoms with Gasteiger partial charge in [0.05, 0.1) is 36.5 Å². The molecule has 3 aliphatic heterocycles. The smallest absolute Gasteiger partial charge is 0.147 e. The van der Waals surface area contributed by atoms with Gasteiger partial charge in [-0.25, -0.2) is 0 Å². The average molecular weight is 608 g/mol. The molecular formula is C33H37NO10. The lowest BCUT2D eigenvalue weighted by molar-refractivity contribution is -0.214. The van der Waals surface area contributed by atoms with E-state index in [9.17, 15) is 35.7 Å². The van der Waals surface area contributed by atoms with Crippen molar-refractivity contribution < 1.29 is 50.0 Å². The topological polar surface area (TPSA) is 174 Å². The Hall–Kier alpha value is -3.04. The first kappa shape index (κ1) is 31.0. The summed E-state index contributed by atoms with van der Waals surface area (Å²) in [5.74, 6) is 11.9. The average Bonchev–Trinajstić information content (AvgIpc) is 3.37. The molecule has 0 bridgehead atoms. The van der Waals surface area contributed by atoms with Crippen molar-refractivity contribution in [2.75, 3.05) is 26.4 Å². The molecule has 44 heavy (non-hydrogen) atoms. The second-order valence-electron chi connectivity index (χ2n) is 11.6. The number of hydrogen-bond donors (Lipinski definition) is 7. The molecule has 9 atom stereocenters. The van der Waals surface area contributed by atoms with Gasteiger partial charge in [-0.1, -0.05) is 35.8 Å².